The fraction of sp³-hybridized carbons (Fsp3) is 0.400. The number of fused-ring (bicyclic) bond motifs is 2. The lowest BCUT2D eigenvalue weighted by Gasteiger charge is -2.23. The van der Waals surface area contributed by atoms with Crippen molar-refractivity contribution < 1.29 is 0 Å². The molecule has 38 heavy (non-hydrogen) atoms. The van der Waals surface area contributed by atoms with E-state index >= 15 is 0 Å². The summed E-state index contributed by atoms with van der Waals surface area (Å²) in [5, 5.41) is 5.46. The van der Waals surface area contributed by atoms with Gasteiger partial charge in [-0.05, 0) is 0 Å². The molecule has 0 unspecified atom stereocenters. The van der Waals surface area contributed by atoms with Crippen LogP contribution in [0.5, 0.6) is 0 Å². The van der Waals surface area contributed by atoms with Crippen LogP contribution in [0.3, 0.4) is 0 Å². The van der Waals surface area contributed by atoms with E-state index in [9.17, 15) is 19.2 Å². The van der Waals surface area contributed by atoms with Gasteiger partial charge in [0.2, 0.25) is 11.9 Å². The predicted octanol–water partition coefficient (Wildman–Crippen LogP) is -3.52. The van der Waals surface area contributed by atoms with E-state index in [0.29, 0.717) is 6.54 Å². The molecule has 0 saturated carbocycles. The molecule has 0 aliphatic heterocycles. The Balaban J connectivity index is 1.65. The van der Waals surface area contributed by atoms with Gasteiger partial charge in [-0.3, -0.25) is 33.6 Å². The average molecular weight is 529 g/mol. The number of hydrogen-bond donors (Lipinski definition) is 7. The van der Waals surface area contributed by atoms with E-state index in [1.165, 1.54) is 9.13 Å². The topological polar surface area (TPSA) is 267 Å². The Morgan fingerprint density at radius 3 is 1.53 bits per heavy atom. The molecule has 0 aliphatic carbocycles. The molecule has 10 N–H and O–H groups in total. The van der Waals surface area contributed by atoms with Crippen molar-refractivity contribution in [3.05, 3.63) is 41.7 Å². The van der Waals surface area contributed by atoms with Crippen LogP contribution in [0.15, 0.2) is 19.2 Å². The Hall–Kier alpha value is -4.84. The number of nitrogens with one attached hydrogen (secondary N) is 4. The monoisotopic (exact) mass is 528 g/mol. The Kier molecular flexibility index (Phi) is 7.35. The van der Waals surface area contributed by atoms with Crippen LogP contribution in [0.1, 0.15) is 0 Å². The average Bonchev–Trinajstić information content (AvgIpc) is 2.86. The number of H-pyrrole nitrogens is 2. The summed E-state index contributed by atoms with van der Waals surface area (Å²) in [5.41, 5.74) is 15.2. The van der Waals surface area contributed by atoms with Crippen molar-refractivity contribution in [3.8, 4) is 0 Å². The molecular formula is C20H28N14O4. The fourth-order valence-electron chi connectivity index (χ4n) is 4.04. The zero-order valence-corrected chi connectivity index (χ0v) is 20.7. The summed E-state index contributed by atoms with van der Waals surface area (Å²) in [7, 11) is 3.14. The molecule has 0 atom stereocenters. The smallest absolute Gasteiger partial charge is 0.351 e. The zero-order valence-electron chi connectivity index (χ0n) is 20.7. The lowest BCUT2D eigenvalue weighted by atomic mass is 10.3. The third-order valence-corrected chi connectivity index (χ3v) is 5.92. The highest BCUT2D eigenvalue weighted by Gasteiger charge is 2.18. The predicted molar refractivity (Wildman–Crippen MR) is 142 cm³/mol. The first kappa shape index (κ1) is 26.2. The minimum atomic E-state index is -0.671. The zero-order chi connectivity index (χ0) is 27.6. The van der Waals surface area contributed by atoms with Gasteiger partial charge in [-0.25, -0.2) is 9.59 Å². The summed E-state index contributed by atoms with van der Waals surface area (Å²) in [5.74, 6) is -0.125. The van der Waals surface area contributed by atoms with Crippen LogP contribution in [0.4, 0.5) is 23.5 Å². The normalized spacial score (nSPS) is 11.5. The molecule has 4 aromatic heterocycles. The van der Waals surface area contributed by atoms with Gasteiger partial charge in [-0.2, -0.15) is 19.9 Å². The maximum absolute atomic E-state index is 12.7. The second-order valence-electron chi connectivity index (χ2n) is 8.22. The Labute approximate surface area is 212 Å². The molecule has 0 amide bonds. The molecule has 202 valence electrons. The quantitative estimate of drug-likeness (QED) is 0.105. The first-order chi connectivity index (χ1) is 18.2. The molecule has 0 radical (unpaired) electrons. The van der Waals surface area contributed by atoms with Gasteiger partial charge in [0.05, 0.1) is 0 Å². The maximum atomic E-state index is 12.7. The van der Waals surface area contributed by atoms with E-state index in [0.717, 1.165) is 0 Å². The number of rotatable bonds is 10. The summed E-state index contributed by atoms with van der Waals surface area (Å²) in [6.07, 6.45) is 0. The van der Waals surface area contributed by atoms with Crippen molar-refractivity contribution in [3.63, 3.8) is 0 Å². The first-order valence-electron chi connectivity index (χ1n) is 11.6. The van der Waals surface area contributed by atoms with Crippen molar-refractivity contribution in [2.75, 3.05) is 62.4 Å². The van der Waals surface area contributed by atoms with Crippen LogP contribution in [-0.2, 0) is 13.1 Å². The van der Waals surface area contributed by atoms with Crippen LogP contribution >= 0.6 is 0 Å². The van der Waals surface area contributed by atoms with Crippen LogP contribution in [-0.4, -0.2) is 84.2 Å². The molecule has 0 aromatic carbocycles. The van der Waals surface area contributed by atoms with Crippen molar-refractivity contribution in [1.29, 1.82) is 0 Å². The van der Waals surface area contributed by atoms with Gasteiger partial charge in [-0.1, -0.05) is 0 Å². The molecule has 0 saturated heterocycles. The summed E-state index contributed by atoms with van der Waals surface area (Å²) >= 11 is 0. The van der Waals surface area contributed by atoms with Gasteiger partial charge in [-0.15, -0.1) is 0 Å². The number of aromatic nitrogens is 8. The van der Waals surface area contributed by atoms with Crippen LogP contribution in [0.2, 0.25) is 0 Å². The SMILES string of the molecule is CNc1nc2c(c(N)nc(=O)n2CCN(CCN)CCn2c(=O)nc(N)c3c(=O)[nH]c(NC)nc32)c(=O)[nH]1. The molecule has 18 nitrogen and oxygen atoms in total. The Morgan fingerprint density at radius 2 is 1.16 bits per heavy atom. The minimum Gasteiger partial charge on any atom is -0.383 e. The Morgan fingerprint density at radius 1 is 0.737 bits per heavy atom. The number of nitrogen functional groups attached to an aromatic ring is 2. The van der Waals surface area contributed by atoms with E-state index < -0.39 is 22.5 Å². The number of anilines is 4. The van der Waals surface area contributed by atoms with Gasteiger partial charge >= 0.3 is 11.4 Å². The minimum absolute atomic E-state index is 0.00317. The summed E-state index contributed by atoms with van der Waals surface area (Å²) in [6, 6.07) is 0. The highest BCUT2D eigenvalue weighted by atomic mass is 16.2. The molecule has 4 rings (SSSR count). The highest BCUT2D eigenvalue weighted by molar-refractivity contribution is 5.85. The van der Waals surface area contributed by atoms with Gasteiger partial charge < -0.3 is 27.8 Å². The lowest BCUT2D eigenvalue weighted by Crippen LogP contribution is -2.39. The van der Waals surface area contributed by atoms with Gasteiger partial charge in [0.15, 0.2) is 11.3 Å². The number of nitrogens with zero attached hydrogens (tertiary/aromatic N) is 7. The van der Waals surface area contributed by atoms with E-state index in [-0.39, 0.29) is 78.3 Å². The van der Waals surface area contributed by atoms with Crippen molar-refractivity contribution >= 4 is 45.6 Å². The fourth-order valence-corrected chi connectivity index (χ4v) is 4.04. The molecule has 0 spiro atoms. The molecule has 18 heteroatoms. The number of nitrogens with two attached hydrogens (primary N) is 3. The highest BCUT2D eigenvalue weighted by Crippen LogP contribution is 2.13. The number of aromatic amines is 2. The van der Waals surface area contributed by atoms with Crippen molar-refractivity contribution in [1.82, 2.24) is 43.9 Å². The molecule has 0 bridgehead atoms. The first-order valence-corrected chi connectivity index (χ1v) is 11.6. The van der Waals surface area contributed by atoms with Gasteiger partial charge in [0, 0.05) is 53.4 Å². The van der Waals surface area contributed by atoms with Crippen LogP contribution in [0, 0.1) is 0 Å². The number of hydrogen-bond acceptors (Lipinski definition) is 14. The largest absolute Gasteiger partial charge is 0.383 e. The third-order valence-electron chi connectivity index (χ3n) is 5.92. The van der Waals surface area contributed by atoms with Crippen LogP contribution < -0.4 is 50.3 Å². The van der Waals surface area contributed by atoms with Crippen molar-refractivity contribution in [2.45, 2.75) is 13.1 Å². The maximum Gasteiger partial charge on any atom is 0.351 e. The molecule has 4 aromatic rings. The molecular weight excluding hydrogens is 500 g/mol. The van der Waals surface area contributed by atoms with E-state index in [4.69, 9.17) is 17.2 Å². The second-order valence-corrected chi connectivity index (χ2v) is 8.22. The molecule has 0 fully saturated rings. The van der Waals surface area contributed by atoms with E-state index in [2.05, 4.69) is 40.5 Å². The molecule has 4 heterocycles. The summed E-state index contributed by atoms with van der Waals surface area (Å²) in [6.45, 7) is 1.46. The van der Waals surface area contributed by atoms with Gasteiger partial charge in [0.1, 0.15) is 22.4 Å². The lowest BCUT2D eigenvalue weighted by molar-refractivity contribution is 0.258. The second kappa shape index (κ2) is 10.6. The van der Waals surface area contributed by atoms with E-state index in [1.54, 1.807) is 14.1 Å². The van der Waals surface area contributed by atoms with Crippen molar-refractivity contribution in [2.24, 2.45) is 5.73 Å². The molecule has 0 aliphatic rings. The van der Waals surface area contributed by atoms with E-state index in [1.807, 2.05) is 4.90 Å². The Bertz CT molecular complexity index is 1610. The standard InChI is InChI=1S/C20H28N14O4/c1-24-17-28-13-9(15(35)30-17)11(22)26-19(37)33(13)7-5-32(4-3-21)6-8-34-14-10(12(23)27-20(34)38)16(36)31-18(25-2)29-14/h3-8,21H2,1-2H3,(H2,22,26,37)(H2,23,27,38)(H2,24,28,30,35)(H2,25,29,31,36). The summed E-state index contributed by atoms with van der Waals surface area (Å²) in [4.78, 5) is 73.4. The van der Waals surface area contributed by atoms with Gasteiger partial charge in [0.25, 0.3) is 11.1 Å². The van der Waals surface area contributed by atoms with Crippen LogP contribution in [0.25, 0.3) is 22.1 Å². The third kappa shape index (κ3) is 4.89. The summed E-state index contributed by atoms with van der Waals surface area (Å²) < 4.78 is 2.50.